The van der Waals surface area contributed by atoms with Crippen LogP contribution in [0.5, 0.6) is 11.5 Å². The van der Waals surface area contributed by atoms with E-state index >= 15 is 0 Å². The van der Waals surface area contributed by atoms with Crippen molar-refractivity contribution < 1.29 is 9.84 Å². The molecule has 3 heterocycles. The van der Waals surface area contributed by atoms with E-state index in [4.69, 9.17) is 9.72 Å². The third-order valence-electron chi connectivity index (χ3n) is 6.54. The van der Waals surface area contributed by atoms with Crippen LogP contribution in [0.4, 0.5) is 5.69 Å². The first kappa shape index (κ1) is 20.6. The minimum Gasteiger partial charge on any atom is -0.504 e. The number of ether oxygens (including phenoxy) is 1. The second kappa shape index (κ2) is 8.07. The summed E-state index contributed by atoms with van der Waals surface area (Å²) >= 11 is 0. The third kappa shape index (κ3) is 3.62. The molecule has 0 atom stereocenters. The number of imidazole rings is 2. The first-order valence-corrected chi connectivity index (χ1v) is 11.4. The van der Waals surface area contributed by atoms with Gasteiger partial charge in [0.25, 0.3) is 0 Å². The predicted molar refractivity (Wildman–Crippen MR) is 135 cm³/mol. The second-order valence-corrected chi connectivity index (χ2v) is 8.78. The largest absolute Gasteiger partial charge is 0.504 e. The molecule has 8 nitrogen and oxygen atoms in total. The number of phenolic OH excluding ortho intramolecular Hbond substituents is 1. The summed E-state index contributed by atoms with van der Waals surface area (Å²) in [6.45, 7) is 4.23. The summed E-state index contributed by atoms with van der Waals surface area (Å²) in [7, 11) is 3.70. The third-order valence-corrected chi connectivity index (χ3v) is 6.54. The molecule has 0 bridgehead atoms. The number of benzene rings is 3. The van der Waals surface area contributed by atoms with E-state index in [1.54, 1.807) is 12.1 Å². The molecule has 2 aromatic heterocycles. The lowest BCUT2D eigenvalue weighted by atomic mass is 10.2. The number of nitrogens with one attached hydrogen (secondary N) is 2. The van der Waals surface area contributed by atoms with Gasteiger partial charge in [-0.1, -0.05) is 0 Å². The number of anilines is 1. The van der Waals surface area contributed by atoms with Crippen molar-refractivity contribution in [2.24, 2.45) is 0 Å². The van der Waals surface area contributed by atoms with Gasteiger partial charge in [0.2, 0.25) is 0 Å². The van der Waals surface area contributed by atoms with Gasteiger partial charge >= 0.3 is 0 Å². The molecule has 0 unspecified atom stereocenters. The van der Waals surface area contributed by atoms with Crippen molar-refractivity contribution in [3.63, 3.8) is 0 Å². The van der Waals surface area contributed by atoms with E-state index in [9.17, 15) is 5.11 Å². The van der Waals surface area contributed by atoms with Crippen LogP contribution in [0.1, 0.15) is 0 Å². The normalized spacial score (nSPS) is 14.8. The molecular formula is C26H26N6O2. The second-order valence-electron chi connectivity index (χ2n) is 8.78. The number of phenols is 1. The Bertz CT molecular complexity index is 1500. The molecule has 172 valence electrons. The van der Waals surface area contributed by atoms with Crippen molar-refractivity contribution in [1.29, 1.82) is 0 Å². The average Bonchev–Trinajstić information content (AvgIpc) is 3.47. The maximum Gasteiger partial charge on any atom is 0.160 e. The van der Waals surface area contributed by atoms with Gasteiger partial charge in [-0.2, -0.15) is 0 Å². The van der Waals surface area contributed by atoms with Crippen molar-refractivity contribution in [3.8, 4) is 34.3 Å². The highest BCUT2D eigenvalue weighted by Crippen LogP contribution is 2.32. The Hall–Kier alpha value is -4.04. The molecule has 0 spiro atoms. The molecule has 0 aliphatic carbocycles. The molecule has 0 saturated carbocycles. The lowest BCUT2D eigenvalue weighted by molar-refractivity contribution is 0.313. The lowest BCUT2D eigenvalue weighted by Gasteiger charge is -2.34. The molecule has 6 rings (SSSR count). The van der Waals surface area contributed by atoms with Gasteiger partial charge in [-0.3, -0.25) is 0 Å². The van der Waals surface area contributed by atoms with Crippen LogP contribution in [0.25, 0.3) is 44.8 Å². The molecule has 3 aromatic carbocycles. The quantitative estimate of drug-likeness (QED) is 0.376. The fourth-order valence-corrected chi connectivity index (χ4v) is 4.53. The van der Waals surface area contributed by atoms with E-state index in [-0.39, 0.29) is 5.75 Å². The summed E-state index contributed by atoms with van der Waals surface area (Å²) in [6, 6.07) is 17.7. The van der Waals surface area contributed by atoms with E-state index in [1.807, 2.05) is 24.3 Å². The lowest BCUT2D eigenvalue weighted by Crippen LogP contribution is -2.44. The molecule has 3 N–H and O–H groups in total. The van der Waals surface area contributed by atoms with Gasteiger partial charge in [-0.05, 0) is 61.6 Å². The molecule has 34 heavy (non-hydrogen) atoms. The number of likely N-dealkylation sites (N-methyl/N-ethyl adjacent to an activating group) is 1. The van der Waals surface area contributed by atoms with Crippen molar-refractivity contribution in [3.05, 3.63) is 54.6 Å². The summed E-state index contributed by atoms with van der Waals surface area (Å²) in [5.74, 6) is 2.03. The molecular weight excluding hydrogens is 428 g/mol. The monoisotopic (exact) mass is 454 g/mol. The van der Waals surface area contributed by atoms with Crippen molar-refractivity contribution >= 4 is 27.8 Å². The molecule has 1 aliphatic heterocycles. The van der Waals surface area contributed by atoms with Crippen LogP contribution in [-0.4, -0.2) is 70.3 Å². The zero-order chi connectivity index (χ0) is 23.2. The molecule has 1 saturated heterocycles. The van der Waals surface area contributed by atoms with E-state index in [1.165, 1.54) is 12.8 Å². The number of rotatable bonds is 4. The number of fused-ring (bicyclic) bond motifs is 2. The Morgan fingerprint density at radius 3 is 2.09 bits per heavy atom. The van der Waals surface area contributed by atoms with E-state index < -0.39 is 0 Å². The minimum absolute atomic E-state index is 0.0827. The summed E-state index contributed by atoms with van der Waals surface area (Å²) < 4.78 is 5.13. The summed E-state index contributed by atoms with van der Waals surface area (Å²) in [4.78, 5) is 21.1. The number of hydrogen-bond acceptors (Lipinski definition) is 6. The summed E-state index contributed by atoms with van der Waals surface area (Å²) in [5.41, 5.74) is 6.74. The Balaban J connectivity index is 1.31. The number of methoxy groups -OCH3 is 1. The number of hydrogen-bond donors (Lipinski definition) is 3. The highest BCUT2D eigenvalue weighted by molar-refractivity contribution is 5.87. The van der Waals surface area contributed by atoms with Gasteiger partial charge in [-0.25, -0.2) is 9.97 Å². The number of aromatic hydroxyl groups is 1. The maximum absolute atomic E-state index is 10.1. The van der Waals surface area contributed by atoms with Gasteiger partial charge in [0.1, 0.15) is 11.6 Å². The highest BCUT2D eigenvalue weighted by Gasteiger charge is 2.16. The minimum atomic E-state index is 0.0827. The summed E-state index contributed by atoms with van der Waals surface area (Å²) in [5, 5.41) is 10.1. The SMILES string of the molecule is COc1ccc(-c2nc3ccc(-c4nc5ccc(N6CCN(C)CC6)cc5[nH]4)cc3[nH]2)cc1O. The maximum atomic E-state index is 10.1. The van der Waals surface area contributed by atoms with Gasteiger partial charge < -0.3 is 29.6 Å². The Morgan fingerprint density at radius 2 is 1.41 bits per heavy atom. The highest BCUT2D eigenvalue weighted by atomic mass is 16.5. The Kier molecular flexibility index (Phi) is 4.88. The van der Waals surface area contributed by atoms with Crippen LogP contribution in [0, 0.1) is 0 Å². The molecule has 8 heteroatoms. The van der Waals surface area contributed by atoms with Crippen LogP contribution in [0.2, 0.25) is 0 Å². The Labute approximate surface area is 196 Å². The first-order chi connectivity index (χ1) is 16.6. The fraction of sp³-hybridized carbons (Fsp3) is 0.231. The zero-order valence-corrected chi connectivity index (χ0v) is 19.2. The van der Waals surface area contributed by atoms with E-state index in [0.717, 1.165) is 65.2 Å². The fourth-order valence-electron chi connectivity index (χ4n) is 4.53. The first-order valence-electron chi connectivity index (χ1n) is 11.4. The number of piperazine rings is 1. The van der Waals surface area contributed by atoms with Crippen molar-refractivity contribution in [2.75, 3.05) is 45.2 Å². The molecule has 1 aliphatic rings. The van der Waals surface area contributed by atoms with Gasteiger partial charge in [0.05, 0.1) is 29.2 Å². The smallest absolute Gasteiger partial charge is 0.160 e. The van der Waals surface area contributed by atoms with Crippen LogP contribution < -0.4 is 9.64 Å². The van der Waals surface area contributed by atoms with Crippen molar-refractivity contribution in [1.82, 2.24) is 24.8 Å². The topological polar surface area (TPSA) is 93.3 Å². The number of H-pyrrole nitrogens is 2. The summed E-state index contributed by atoms with van der Waals surface area (Å²) in [6.07, 6.45) is 0. The van der Waals surface area contributed by atoms with Crippen LogP contribution in [-0.2, 0) is 0 Å². The number of aromatic amines is 2. The molecule has 5 aromatic rings. The predicted octanol–water partition coefficient (Wildman–Crippen LogP) is 4.24. The van der Waals surface area contributed by atoms with Gasteiger partial charge in [0.15, 0.2) is 11.5 Å². The zero-order valence-electron chi connectivity index (χ0n) is 19.2. The van der Waals surface area contributed by atoms with Crippen LogP contribution in [0.15, 0.2) is 54.6 Å². The number of nitrogens with zero attached hydrogens (tertiary/aromatic N) is 4. The molecule has 1 fully saturated rings. The van der Waals surface area contributed by atoms with Gasteiger partial charge in [-0.15, -0.1) is 0 Å². The van der Waals surface area contributed by atoms with E-state index in [0.29, 0.717) is 11.6 Å². The van der Waals surface area contributed by atoms with Gasteiger partial charge in [0, 0.05) is 43.0 Å². The van der Waals surface area contributed by atoms with Crippen molar-refractivity contribution in [2.45, 2.75) is 0 Å². The standard InChI is InChI=1S/C26H26N6O2/c1-31-9-11-32(12-10-31)18-5-7-20-22(15-18)30-25(28-20)16-3-6-19-21(13-16)29-26(27-19)17-4-8-24(34-2)23(33)14-17/h3-8,13-15,33H,9-12H2,1-2H3,(H,27,29)(H,28,30). The number of aromatic nitrogens is 4. The molecule has 0 amide bonds. The van der Waals surface area contributed by atoms with Crippen LogP contribution >= 0.6 is 0 Å². The van der Waals surface area contributed by atoms with E-state index in [2.05, 4.69) is 50.0 Å². The molecule has 0 radical (unpaired) electrons. The average molecular weight is 455 g/mol. The Morgan fingerprint density at radius 1 is 0.794 bits per heavy atom. The van der Waals surface area contributed by atoms with Crippen LogP contribution in [0.3, 0.4) is 0 Å².